The summed E-state index contributed by atoms with van der Waals surface area (Å²) in [6, 6.07) is 0.694. The topological polar surface area (TPSA) is 36.4 Å². The summed E-state index contributed by atoms with van der Waals surface area (Å²) in [5, 5.41) is 6.82. The van der Waals surface area contributed by atoms with Crippen LogP contribution in [-0.2, 0) is 0 Å². The minimum atomic E-state index is 0. The highest BCUT2D eigenvalue weighted by Gasteiger charge is 2.22. The van der Waals surface area contributed by atoms with Crippen molar-refractivity contribution in [2.24, 2.45) is 16.8 Å². The number of halogens is 1. The fourth-order valence-corrected chi connectivity index (χ4v) is 2.47. The third-order valence-corrected chi connectivity index (χ3v) is 3.91. The van der Waals surface area contributed by atoms with Gasteiger partial charge in [0.05, 0.1) is 0 Å². The molecule has 2 aliphatic rings. The molecule has 106 valence electrons. The summed E-state index contributed by atoms with van der Waals surface area (Å²) in [7, 11) is 0. The summed E-state index contributed by atoms with van der Waals surface area (Å²) >= 11 is 0. The summed E-state index contributed by atoms with van der Waals surface area (Å²) < 4.78 is 0. The Balaban J connectivity index is 0.00000162. The van der Waals surface area contributed by atoms with Gasteiger partial charge < -0.3 is 10.6 Å². The standard InChI is InChI=1S/C14H27N3.HI/c1-3-15-14(17-13-8-9-13)16-10-12-6-4-11(2)5-7-12;/h11-13H,3-10H2,1-2H3,(H2,15,16,17);1H. The first-order valence-electron chi connectivity index (χ1n) is 7.32. The van der Waals surface area contributed by atoms with Crippen molar-refractivity contribution in [3.63, 3.8) is 0 Å². The smallest absolute Gasteiger partial charge is 0.191 e. The van der Waals surface area contributed by atoms with Gasteiger partial charge in [0, 0.05) is 19.1 Å². The van der Waals surface area contributed by atoms with E-state index in [4.69, 9.17) is 4.99 Å². The molecule has 2 rings (SSSR count). The maximum absolute atomic E-state index is 4.74. The van der Waals surface area contributed by atoms with Gasteiger partial charge >= 0.3 is 0 Å². The monoisotopic (exact) mass is 365 g/mol. The number of aliphatic imine (C=N–C) groups is 1. The number of hydrogen-bond donors (Lipinski definition) is 2. The molecule has 0 saturated heterocycles. The second-order valence-electron chi connectivity index (χ2n) is 5.76. The van der Waals surface area contributed by atoms with Crippen LogP contribution in [0.1, 0.15) is 52.4 Å². The van der Waals surface area contributed by atoms with Gasteiger partial charge in [0.15, 0.2) is 5.96 Å². The molecular weight excluding hydrogens is 337 g/mol. The Bertz CT molecular complexity index is 256. The fraction of sp³-hybridized carbons (Fsp3) is 0.929. The van der Waals surface area contributed by atoms with E-state index in [-0.39, 0.29) is 24.0 Å². The van der Waals surface area contributed by atoms with Gasteiger partial charge in [-0.3, -0.25) is 4.99 Å². The lowest BCUT2D eigenvalue weighted by Crippen LogP contribution is -2.39. The van der Waals surface area contributed by atoms with Crippen molar-refractivity contribution < 1.29 is 0 Å². The van der Waals surface area contributed by atoms with E-state index in [0.29, 0.717) is 6.04 Å². The molecule has 0 bridgehead atoms. The minimum Gasteiger partial charge on any atom is -0.357 e. The molecule has 0 aromatic rings. The maximum atomic E-state index is 4.74. The van der Waals surface area contributed by atoms with Crippen LogP contribution < -0.4 is 10.6 Å². The van der Waals surface area contributed by atoms with Crippen molar-refractivity contribution >= 4 is 29.9 Å². The highest BCUT2D eigenvalue weighted by atomic mass is 127. The summed E-state index contributed by atoms with van der Waals surface area (Å²) in [4.78, 5) is 4.74. The summed E-state index contributed by atoms with van der Waals surface area (Å²) in [6.07, 6.45) is 8.15. The molecule has 0 atom stereocenters. The van der Waals surface area contributed by atoms with Crippen molar-refractivity contribution in [3.05, 3.63) is 0 Å². The van der Waals surface area contributed by atoms with Crippen LogP contribution >= 0.6 is 24.0 Å². The van der Waals surface area contributed by atoms with E-state index in [1.54, 1.807) is 0 Å². The molecule has 3 nitrogen and oxygen atoms in total. The molecule has 0 aromatic carbocycles. The van der Waals surface area contributed by atoms with Gasteiger partial charge in [0.2, 0.25) is 0 Å². The summed E-state index contributed by atoms with van der Waals surface area (Å²) in [5.41, 5.74) is 0. The Labute approximate surface area is 129 Å². The average molecular weight is 365 g/mol. The normalized spacial score (nSPS) is 28.4. The molecule has 0 unspecified atom stereocenters. The fourth-order valence-electron chi connectivity index (χ4n) is 2.47. The third kappa shape index (κ3) is 5.76. The third-order valence-electron chi connectivity index (χ3n) is 3.91. The van der Waals surface area contributed by atoms with Crippen molar-refractivity contribution in [3.8, 4) is 0 Å². The van der Waals surface area contributed by atoms with Crippen molar-refractivity contribution in [2.75, 3.05) is 13.1 Å². The molecule has 0 amide bonds. The number of nitrogens with one attached hydrogen (secondary N) is 2. The van der Waals surface area contributed by atoms with E-state index >= 15 is 0 Å². The van der Waals surface area contributed by atoms with Crippen LogP contribution in [0, 0.1) is 11.8 Å². The Hall–Kier alpha value is 0. The summed E-state index contributed by atoms with van der Waals surface area (Å²) in [6.45, 7) is 6.47. The lowest BCUT2D eigenvalue weighted by atomic mass is 9.83. The highest BCUT2D eigenvalue weighted by molar-refractivity contribution is 14.0. The number of rotatable bonds is 4. The molecule has 0 heterocycles. The van der Waals surface area contributed by atoms with Gasteiger partial charge in [-0.05, 0) is 44.4 Å². The quantitative estimate of drug-likeness (QED) is 0.456. The van der Waals surface area contributed by atoms with Gasteiger partial charge in [-0.15, -0.1) is 24.0 Å². The van der Waals surface area contributed by atoms with Crippen molar-refractivity contribution in [1.82, 2.24) is 10.6 Å². The lowest BCUT2D eigenvalue weighted by Gasteiger charge is -2.25. The molecule has 2 aliphatic carbocycles. The van der Waals surface area contributed by atoms with Crippen LogP contribution in [0.5, 0.6) is 0 Å². The van der Waals surface area contributed by atoms with Gasteiger partial charge in [-0.2, -0.15) is 0 Å². The molecule has 0 aromatic heterocycles. The number of nitrogens with zero attached hydrogens (tertiary/aromatic N) is 1. The molecule has 0 radical (unpaired) electrons. The Morgan fingerprint density at radius 1 is 1.11 bits per heavy atom. The number of hydrogen-bond acceptors (Lipinski definition) is 1. The summed E-state index contributed by atoms with van der Waals surface area (Å²) in [5.74, 6) is 2.79. The first-order valence-corrected chi connectivity index (χ1v) is 7.32. The maximum Gasteiger partial charge on any atom is 0.191 e. The molecule has 0 aliphatic heterocycles. The molecule has 4 heteroatoms. The lowest BCUT2D eigenvalue weighted by molar-refractivity contribution is 0.296. The predicted molar refractivity (Wildman–Crippen MR) is 88.7 cm³/mol. The molecular formula is C14H28IN3. The van der Waals surface area contributed by atoms with E-state index in [9.17, 15) is 0 Å². The van der Waals surface area contributed by atoms with E-state index in [1.165, 1.54) is 38.5 Å². The van der Waals surface area contributed by atoms with Crippen molar-refractivity contribution in [1.29, 1.82) is 0 Å². The highest BCUT2D eigenvalue weighted by Crippen LogP contribution is 2.28. The van der Waals surface area contributed by atoms with E-state index in [2.05, 4.69) is 24.5 Å². The van der Waals surface area contributed by atoms with Gasteiger partial charge in [-0.25, -0.2) is 0 Å². The van der Waals surface area contributed by atoms with E-state index in [1.807, 2.05) is 0 Å². The Morgan fingerprint density at radius 2 is 1.78 bits per heavy atom. The van der Waals surface area contributed by atoms with Gasteiger partial charge in [0.1, 0.15) is 0 Å². The van der Waals surface area contributed by atoms with Crippen molar-refractivity contribution in [2.45, 2.75) is 58.4 Å². The molecule has 18 heavy (non-hydrogen) atoms. The average Bonchev–Trinajstić information content (AvgIpc) is 3.12. The largest absolute Gasteiger partial charge is 0.357 e. The first-order chi connectivity index (χ1) is 8.28. The van der Waals surface area contributed by atoms with Crippen LogP contribution in [0.3, 0.4) is 0 Å². The van der Waals surface area contributed by atoms with Crippen LogP contribution in [0.4, 0.5) is 0 Å². The Kier molecular flexibility index (Phi) is 7.34. The van der Waals surface area contributed by atoms with Gasteiger partial charge in [0.25, 0.3) is 0 Å². The minimum absolute atomic E-state index is 0. The zero-order valence-electron chi connectivity index (χ0n) is 11.7. The zero-order chi connectivity index (χ0) is 12.1. The van der Waals surface area contributed by atoms with Gasteiger partial charge in [-0.1, -0.05) is 19.8 Å². The first kappa shape index (κ1) is 16.1. The molecule has 2 saturated carbocycles. The van der Waals surface area contributed by atoms with Crippen LogP contribution in [0.25, 0.3) is 0 Å². The zero-order valence-corrected chi connectivity index (χ0v) is 14.1. The Morgan fingerprint density at radius 3 is 2.33 bits per heavy atom. The molecule has 2 N–H and O–H groups in total. The second kappa shape index (κ2) is 8.23. The molecule has 0 spiro atoms. The van der Waals surface area contributed by atoms with Crippen LogP contribution in [0.2, 0.25) is 0 Å². The second-order valence-corrected chi connectivity index (χ2v) is 5.76. The molecule has 2 fully saturated rings. The number of guanidine groups is 1. The van der Waals surface area contributed by atoms with E-state index in [0.717, 1.165) is 30.9 Å². The van der Waals surface area contributed by atoms with Crippen LogP contribution in [-0.4, -0.2) is 25.1 Å². The van der Waals surface area contributed by atoms with E-state index < -0.39 is 0 Å². The SMILES string of the molecule is CCNC(=NCC1CCC(C)CC1)NC1CC1.I. The predicted octanol–water partition coefficient (Wildman–Crippen LogP) is 3.15. The van der Waals surface area contributed by atoms with Crippen LogP contribution in [0.15, 0.2) is 4.99 Å².